The monoisotopic (exact) mass is 291 g/mol. The molecule has 0 radical (unpaired) electrons. The third kappa shape index (κ3) is 4.29. The highest BCUT2D eigenvalue weighted by molar-refractivity contribution is 5.88. The van der Waals surface area contributed by atoms with Gasteiger partial charge in [-0.2, -0.15) is 0 Å². The first-order valence-corrected chi connectivity index (χ1v) is 7.20. The normalized spacial score (nSPS) is 17.0. The van der Waals surface area contributed by atoms with Crippen LogP contribution in [-0.4, -0.2) is 36.7 Å². The van der Waals surface area contributed by atoms with Gasteiger partial charge in [-0.3, -0.25) is 4.79 Å². The molecule has 1 aromatic carbocycles. The number of nitrogens with one attached hydrogen (secondary N) is 1. The molecule has 0 saturated heterocycles. The molecule has 114 valence electrons. The fourth-order valence-corrected chi connectivity index (χ4v) is 2.48. The van der Waals surface area contributed by atoms with E-state index in [-0.39, 0.29) is 18.2 Å². The number of amides is 1. The SMILES string of the molecule is COCCC(NC(=O)C(c1ccccc1)C1CC1)C(=O)O. The van der Waals surface area contributed by atoms with Crippen LogP contribution in [0.25, 0.3) is 0 Å². The standard InChI is InChI=1S/C16H21NO4/c1-21-10-9-13(16(19)20)17-15(18)14(12-7-8-12)11-5-3-2-4-6-11/h2-6,12-14H,7-10H2,1H3,(H,17,18)(H,19,20). The quantitative estimate of drug-likeness (QED) is 0.765. The van der Waals surface area contributed by atoms with E-state index in [0.29, 0.717) is 12.5 Å². The number of carboxylic acids is 1. The zero-order valence-electron chi connectivity index (χ0n) is 12.1. The number of rotatable bonds is 8. The molecule has 5 heteroatoms. The number of hydrogen-bond acceptors (Lipinski definition) is 3. The molecule has 1 aromatic rings. The Morgan fingerprint density at radius 3 is 2.52 bits per heavy atom. The summed E-state index contributed by atoms with van der Waals surface area (Å²) in [4.78, 5) is 23.7. The molecule has 1 aliphatic rings. The van der Waals surface area contributed by atoms with Gasteiger partial charge in [-0.15, -0.1) is 0 Å². The van der Waals surface area contributed by atoms with Crippen molar-refractivity contribution < 1.29 is 19.4 Å². The number of aliphatic carboxylic acids is 1. The van der Waals surface area contributed by atoms with Crippen LogP contribution in [-0.2, 0) is 14.3 Å². The molecule has 2 unspecified atom stereocenters. The fourth-order valence-electron chi connectivity index (χ4n) is 2.48. The van der Waals surface area contributed by atoms with Gasteiger partial charge in [0.05, 0.1) is 5.92 Å². The van der Waals surface area contributed by atoms with Gasteiger partial charge in [-0.05, 0) is 24.3 Å². The Bertz CT molecular complexity index is 484. The van der Waals surface area contributed by atoms with Crippen LogP contribution in [0.2, 0.25) is 0 Å². The van der Waals surface area contributed by atoms with Crippen LogP contribution in [0.4, 0.5) is 0 Å². The van der Waals surface area contributed by atoms with E-state index in [9.17, 15) is 14.7 Å². The van der Waals surface area contributed by atoms with Crippen LogP contribution < -0.4 is 5.32 Å². The molecule has 0 heterocycles. The minimum atomic E-state index is -1.02. The Kier molecular flexibility index (Phi) is 5.33. The summed E-state index contributed by atoms with van der Waals surface area (Å²) in [5.74, 6) is -1.16. The van der Waals surface area contributed by atoms with Crippen LogP contribution in [0.5, 0.6) is 0 Å². The predicted molar refractivity (Wildman–Crippen MR) is 78.0 cm³/mol. The third-order valence-corrected chi connectivity index (χ3v) is 3.76. The van der Waals surface area contributed by atoms with Crippen molar-refractivity contribution in [3.05, 3.63) is 35.9 Å². The van der Waals surface area contributed by atoms with Gasteiger partial charge in [0.15, 0.2) is 0 Å². The number of carbonyl (C=O) groups excluding carboxylic acids is 1. The van der Waals surface area contributed by atoms with Crippen molar-refractivity contribution in [1.29, 1.82) is 0 Å². The molecule has 1 fully saturated rings. The number of methoxy groups -OCH3 is 1. The van der Waals surface area contributed by atoms with Gasteiger partial charge in [0.1, 0.15) is 6.04 Å². The van der Waals surface area contributed by atoms with Gasteiger partial charge < -0.3 is 15.2 Å². The lowest BCUT2D eigenvalue weighted by Crippen LogP contribution is -2.44. The highest BCUT2D eigenvalue weighted by atomic mass is 16.5. The van der Waals surface area contributed by atoms with Gasteiger partial charge in [0, 0.05) is 20.1 Å². The Morgan fingerprint density at radius 1 is 1.33 bits per heavy atom. The van der Waals surface area contributed by atoms with Crippen LogP contribution in [0.1, 0.15) is 30.7 Å². The summed E-state index contributed by atoms with van der Waals surface area (Å²) in [7, 11) is 1.51. The van der Waals surface area contributed by atoms with Crippen molar-refractivity contribution in [1.82, 2.24) is 5.32 Å². The van der Waals surface area contributed by atoms with Crippen LogP contribution >= 0.6 is 0 Å². The maximum atomic E-state index is 12.5. The minimum absolute atomic E-state index is 0.202. The van der Waals surface area contributed by atoms with Crippen LogP contribution in [0.3, 0.4) is 0 Å². The molecule has 0 spiro atoms. The van der Waals surface area contributed by atoms with E-state index in [1.165, 1.54) is 7.11 Å². The summed E-state index contributed by atoms with van der Waals surface area (Å²) >= 11 is 0. The van der Waals surface area contributed by atoms with Crippen molar-refractivity contribution in [2.24, 2.45) is 5.92 Å². The lowest BCUT2D eigenvalue weighted by atomic mass is 9.93. The number of carbonyl (C=O) groups is 2. The fraction of sp³-hybridized carbons (Fsp3) is 0.500. The van der Waals surface area contributed by atoms with Gasteiger partial charge in [0.2, 0.25) is 5.91 Å². The maximum Gasteiger partial charge on any atom is 0.326 e. The van der Waals surface area contributed by atoms with Crippen molar-refractivity contribution in [3.63, 3.8) is 0 Å². The second-order valence-electron chi connectivity index (χ2n) is 5.41. The zero-order chi connectivity index (χ0) is 15.2. The summed E-state index contributed by atoms with van der Waals surface area (Å²) in [5.41, 5.74) is 0.952. The lowest BCUT2D eigenvalue weighted by molar-refractivity contribution is -0.142. The molecule has 1 saturated carbocycles. The highest BCUT2D eigenvalue weighted by Crippen LogP contribution is 2.42. The molecule has 0 aromatic heterocycles. The molecule has 2 atom stereocenters. The van der Waals surface area contributed by atoms with Crippen molar-refractivity contribution in [2.75, 3.05) is 13.7 Å². The number of ether oxygens (including phenoxy) is 1. The zero-order valence-corrected chi connectivity index (χ0v) is 12.1. The first-order chi connectivity index (χ1) is 10.1. The number of carboxylic acid groups (broad SMARTS) is 1. The molecular weight excluding hydrogens is 270 g/mol. The Balaban J connectivity index is 2.06. The Morgan fingerprint density at radius 2 is 2.00 bits per heavy atom. The number of benzene rings is 1. The third-order valence-electron chi connectivity index (χ3n) is 3.76. The second-order valence-corrected chi connectivity index (χ2v) is 5.41. The Labute approximate surface area is 124 Å². The van der Waals surface area contributed by atoms with E-state index in [1.54, 1.807) is 0 Å². The summed E-state index contributed by atoms with van der Waals surface area (Å²) in [6.07, 6.45) is 2.30. The molecule has 2 N–H and O–H groups in total. The Hall–Kier alpha value is -1.88. The van der Waals surface area contributed by atoms with Crippen LogP contribution in [0, 0.1) is 5.92 Å². The molecule has 2 rings (SSSR count). The van der Waals surface area contributed by atoms with Gasteiger partial charge >= 0.3 is 5.97 Å². The molecule has 1 amide bonds. The van der Waals surface area contributed by atoms with Crippen molar-refractivity contribution >= 4 is 11.9 Å². The van der Waals surface area contributed by atoms with Gasteiger partial charge in [-0.25, -0.2) is 4.79 Å². The predicted octanol–water partition coefficient (Wildman–Crippen LogP) is 1.79. The first kappa shape index (κ1) is 15.5. The van der Waals surface area contributed by atoms with Crippen molar-refractivity contribution in [3.8, 4) is 0 Å². The minimum Gasteiger partial charge on any atom is -0.480 e. The summed E-state index contributed by atoms with van der Waals surface area (Å²) in [6, 6.07) is 8.66. The first-order valence-electron chi connectivity index (χ1n) is 7.20. The van der Waals surface area contributed by atoms with Gasteiger partial charge in [0.25, 0.3) is 0 Å². The summed E-state index contributed by atoms with van der Waals surface area (Å²) < 4.78 is 4.89. The molecule has 0 aliphatic heterocycles. The van der Waals surface area contributed by atoms with E-state index in [4.69, 9.17) is 4.74 Å². The maximum absolute atomic E-state index is 12.5. The average molecular weight is 291 g/mol. The molecule has 5 nitrogen and oxygen atoms in total. The molecule has 0 bridgehead atoms. The van der Waals surface area contributed by atoms with E-state index in [0.717, 1.165) is 18.4 Å². The smallest absolute Gasteiger partial charge is 0.326 e. The largest absolute Gasteiger partial charge is 0.480 e. The average Bonchev–Trinajstić information content (AvgIpc) is 3.29. The van der Waals surface area contributed by atoms with Crippen molar-refractivity contribution in [2.45, 2.75) is 31.2 Å². The second kappa shape index (κ2) is 7.22. The van der Waals surface area contributed by atoms with E-state index >= 15 is 0 Å². The molecule has 21 heavy (non-hydrogen) atoms. The lowest BCUT2D eigenvalue weighted by Gasteiger charge is -2.20. The number of hydrogen-bond donors (Lipinski definition) is 2. The van der Waals surface area contributed by atoms with Crippen LogP contribution in [0.15, 0.2) is 30.3 Å². The molecule has 1 aliphatic carbocycles. The van der Waals surface area contributed by atoms with Gasteiger partial charge in [-0.1, -0.05) is 30.3 Å². The van der Waals surface area contributed by atoms with E-state index < -0.39 is 12.0 Å². The summed E-state index contributed by atoms with van der Waals surface area (Å²) in [6.45, 7) is 0.302. The summed E-state index contributed by atoms with van der Waals surface area (Å²) in [5, 5.41) is 11.8. The topological polar surface area (TPSA) is 75.6 Å². The molecular formula is C16H21NO4. The van der Waals surface area contributed by atoms with E-state index in [2.05, 4.69) is 5.32 Å². The highest BCUT2D eigenvalue weighted by Gasteiger charge is 2.38. The van der Waals surface area contributed by atoms with E-state index in [1.807, 2.05) is 30.3 Å².